The zero-order chi connectivity index (χ0) is 20.8. The minimum absolute atomic E-state index is 0.0861. The van der Waals surface area contributed by atoms with E-state index in [1.807, 2.05) is 50.2 Å². The Morgan fingerprint density at radius 2 is 1.86 bits per heavy atom. The molecule has 1 aliphatic rings. The first-order valence-electron chi connectivity index (χ1n) is 10.3. The van der Waals surface area contributed by atoms with Gasteiger partial charge < -0.3 is 10.2 Å². The van der Waals surface area contributed by atoms with Crippen LogP contribution in [-0.2, 0) is 22.6 Å². The van der Waals surface area contributed by atoms with Crippen LogP contribution < -0.4 is 5.32 Å². The van der Waals surface area contributed by atoms with E-state index in [0.29, 0.717) is 11.6 Å². The van der Waals surface area contributed by atoms with Crippen LogP contribution in [-0.4, -0.2) is 28.8 Å². The van der Waals surface area contributed by atoms with Gasteiger partial charge in [-0.25, -0.2) is 0 Å². The van der Waals surface area contributed by atoms with Crippen molar-refractivity contribution in [2.45, 2.75) is 64.6 Å². The van der Waals surface area contributed by atoms with Crippen molar-refractivity contribution in [2.75, 3.05) is 0 Å². The number of carbonyl (C=O) groups excluding carboxylic acids is 2. The lowest BCUT2D eigenvalue weighted by atomic mass is 10.1. The van der Waals surface area contributed by atoms with Crippen LogP contribution in [0.1, 0.15) is 49.3 Å². The van der Waals surface area contributed by atoms with Crippen molar-refractivity contribution in [2.24, 2.45) is 0 Å². The fraction of sp³-hybridized carbons (Fsp3) is 0.417. The smallest absolute Gasteiger partial charge is 0.242 e. The van der Waals surface area contributed by atoms with Gasteiger partial charge in [-0.2, -0.15) is 0 Å². The first-order chi connectivity index (χ1) is 13.9. The van der Waals surface area contributed by atoms with E-state index in [2.05, 4.69) is 11.4 Å². The summed E-state index contributed by atoms with van der Waals surface area (Å²) < 4.78 is 0. The number of hydrogen-bond acceptors (Lipinski definition) is 2. The maximum absolute atomic E-state index is 13.2. The second kappa shape index (κ2) is 9.93. The lowest BCUT2D eigenvalue weighted by Crippen LogP contribution is -2.50. The van der Waals surface area contributed by atoms with Gasteiger partial charge in [-0.3, -0.25) is 9.59 Å². The fourth-order valence-corrected chi connectivity index (χ4v) is 4.09. The Morgan fingerprint density at radius 3 is 2.55 bits per heavy atom. The molecule has 5 heteroatoms. The molecular formula is C24H29ClN2O2. The number of aryl methyl sites for hydroxylation is 1. The summed E-state index contributed by atoms with van der Waals surface area (Å²) in [7, 11) is 0. The fourth-order valence-electron chi connectivity index (χ4n) is 3.89. The third kappa shape index (κ3) is 5.83. The Labute approximate surface area is 178 Å². The average molecular weight is 413 g/mol. The van der Waals surface area contributed by atoms with Gasteiger partial charge in [0.2, 0.25) is 11.8 Å². The SMILES string of the molecule is Cc1cccc(CN(C(=O)Cc2ccccc2Cl)[C@@H](C)C(=O)NC2CCCC2)c1. The van der Waals surface area contributed by atoms with Crippen LogP contribution in [0.2, 0.25) is 5.02 Å². The quantitative estimate of drug-likeness (QED) is 0.718. The molecule has 0 unspecified atom stereocenters. The predicted octanol–water partition coefficient (Wildman–Crippen LogP) is 4.67. The molecule has 2 amide bonds. The summed E-state index contributed by atoms with van der Waals surface area (Å²) in [6, 6.07) is 15.1. The van der Waals surface area contributed by atoms with Crippen LogP contribution in [0.4, 0.5) is 0 Å². The van der Waals surface area contributed by atoms with Crippen molar-refractivity contribution < 1.29 is 9.59 Å². The number of nitrogens with zero attached hydrogens (tertiary/aromatic N) is 1. The standard InChI is InChI=1S/C24H29ClN2O2/c1-17-8-7-9-19(14-17)16-27(18(2)24(29)26-21-11-4-5-12-21)23(28)15-20-10-3-6-13-22(20)25/h3,6-10,13-14,18,21H,4-5,11-12,15-16H2,1-2H3,(H,26,29)/t18-/m0/s1. The predicted molar refractivity (Wildman–Crippen MR) is 117 cm³/mol. The number of halogens is 1. The van der Waals surface area contributed by atoms with Crippen molar-refractivity contribution in [1.29, 1.82) is 0 Å². The Bertz CT molecular complexity index is 861. The van der Waals surface area contributed by atoms with Gasteiger partial charge in [0.15, 0.2) is 0 Å². The van der Waals surface area contributed by atoms with Gasteiger partial charge in [-0.05, 0) is 43.9 Å². The molecule has 2 aromatic carbocycles. The largest absolute Gasteiger partial charge is 0.352 e. The number of benzene rings is 2. The molecule has 0 bridgehead atoms. The van der Waals surface area contributed by atoms with Crippen LogP contribution in [0.25, 0.3) is 0 Å². The lowest BCUT2D eigenvalue weighted by Gasteiger charge is -2.30. The average Bonchev–Trinajstić information content (AvgIpc) is 3.20. The van der Waals surface area contributed by atoms with Gasteiger partial charge in [0, 0.05) is 17.6 Å². The van der Waals surface area contributed by atoms with E-state index >= 15 is 0 Å². The number of nitrogens with one attached hydrogen (secondary N) is 1. The minimum atomic E-state index is -0.550. The molecule has 0 aliphatic heterocycles. The topological polar surface area (TPSA) is 49.4 Å². The number of hydrogen-bond donors (Lipinski definition) is 1. The second-order valence-corrected chi connectivity index (χ2v) is 8.35. The first-order valence-corrected chi connectivity index (χ1v) is 10.7. The molecule has 0 spiro atoms. The van der Waals surface area contributed by atoms with E-state index in [-0.39, 0.29) is 24.3 Å². The molecule has 1 atom stereocenters. The molecule has 1 fully saturated rings. The van der Waals surface area contributed by atoms with Crippen molar-refractivity contribution in [3.8, 4) is 0 Å². The Morgan fingerprint density at radius 1 is 1.14 bits per heavy atom. The monoisotopic (exact) mass is 412 g/mol. The summed E-state index contributed by atoms with van der Waals surface area (Å²) in [5.74, 6) is -0.189. The number of amides is 2. The minimum Gasteiger partial charge on any atom is -0.352 e. The summed E-state index contributed by atoms with van der Waals surface area (Å²) in [6.07, 6.45) is 4.51. The zero-order valence-electron chi connectivity index (χ0n) is 17.2. The lowest BCUT2D eigenvalue weighted by molar-refractivity contribution is -0.140. The van der Waals surface area contributed by atoms with E-state index in [1.165, 1.54) is 0 Å². The Kier molecular flexibility index (Phi) is 7.32. The maximum Gasteiger partial charge on any atom is 0.242 e. The highest BCUT2D eigenvalue weighted by molar-refractivity contribution is 6.31. The highest BCUT2D eigenvalue weighted by Gasteiger charge is 2.28. The summed E-state index contributed by atoms with van der Waals surface area (Å²) in [5, 5.41) is 3.70. The van der Waals surface area contributed by atoms with Crippen LogP contribution >= 0.6 is 11.6 Å². The van der Waals surface area contributed by atoms with E-state index in [9.17, 15) is 9.59 Å². The van der Waals surface area contributed by atoms with Gasteiger partial charge >= 0.3 is 0 Å². The van der Waals surface area contributed by atoms with Gasteiger partial charge in [-0.15, -0.1) is 0 Å². The van der Waals surface area contributed by atoms with E-state index in [1.54, 1.807) is 11.0 Å². The van der Waals surface area contributed by atoms with E-state index in [0.717, 1.165) is 42.4 Å². The summed E-state index contributed by atoms with van der Waals surface area (Å²) in [4.78, 5) is 27.8. The molecular weight excluding hydrogens is 384 g/mol. The van der Waals surface area contributed by atoms with Gasteiger partial charge in [-0.1, -0.05) is 72.5 Å². The molecule has 29 heavy (non-hydrogen) atoms. The number of rotatable bonds is 7. The molecule has 154 valence electrons. The van der Waals surface area contributed by atoms with Crippen LogP contribution in [0.5, 0.6) is 0 Å². The van der Waals surface area contributed by atoms with Crippen molar-refractivity contribution in [1.82, 2.24) is 10.2 Å². The van der Waals surface area contributed by atoms with Crippen molar-refractivity contribution in [3.05, 3.63) is 70.2 Å². The Balaban J connectivity index is 1.78. The molecule has 2 aromatic rings. The third-order valence-corrected chi connectivity index (χ3v) is 5.97. The summed E-state index contributed by atoms with van der Waals surface area (Å²) in [6.45, 7) is 4.23. The van der Waals surface area contributed by atoms with Crippen LogP contribution in [0.3, 0.4) is 0 Å². The van der Waals surface area contributed by atoms with Crippen molar-refractivity contribution in [3.63, 3.8) is 0 Å². The van der Waals surface area contributed by atoms with Crippen LogP contribution in [0.15, 0.2) is 48.5 Å². The van der Waals surface area contributed by atoms with E-state index < -0.39 is 6.04 Å². The Hall–Kier alpha value is -2.33. The van der Waals surface area contributed by atoms with Crippen LogP contribution in [0, 0.1) is 6.92 Å². The molecule has 0 heterocycles. The normalized spacial score (nSPS) is 15.1. The first kappa shape index (κ1) is 21.4. The molecule has 4 nitrogen and oxygen atoms in total. The zero-order valence-corrected chi connectivity index (χ0v) is 17.9. The molecule has 3 rings (SSSR count). The van der Waals surface area contributed by atoms with Gasteiger partial charge in [0.25, 0.3) is 0 Å². The molecule has 0 aromatic heterocycles. The van der Waals surface area contributed by atoms with E-state index in [4.69, 9.17) is 11.6 Å². The van der Waals surface area contributed by atoms with Gasteiger partial charge in [0.1, 0.15) is 6.04 Å². The molecule has 1 N–H and O–H groups in total. The van der Waals surface area contributed by atoms with Crippen molar-refractivity contribution >= 4 is 23.4 Å². The second-order valence-electron chi connectivity index (χ2n) is 7.94. The summed E-state index contributed by atoms with van der Waals surface area (Å²) >= 11 is 6.26. The highest BCUT2D eigenvalue weighted by Crippen LogP contribution is 2.20. The molecule has 0 radical (unpaired) electrons. The third-order valence-electron chi connectivity index (χ3n) is 5.60. The molecule has 1 aliphatic carbocycles. The highest BCUT2D eigenvalue weighted by atomic mass is 35.5. The van der Waals surface area contributed by atoms with Gasteiger partial charge in [0.05, 0.1) is 6.42 Å². The summed E-state index contributed by atoms with van der Waals surface area (Å²) in [5.41, 5.74) is 2.92. The maximum atomic E-state index is 13.2. The number of carbonyl (C=O) groups is 2. The molecule has 1 saturated carbocycles. The molecule has 0 saturated heterocycles.